The highest BCUT2D eigenvalue weighted by molar-refractivity contribution is 9.09. The predicted octanol–water partition coefficient (Wildman–Crippen LogP) is 2.02. The van der Waals surface area contributed by atoms with Gasteiger partial charge in [0.1, 0.15) is 0 Å². The first kappa shape index (κ1) is 17.7. The summed E-state index contributed by atoms with van der Waals surface area (Å²) in [5.74, 6) is 0.223. The molecule has 0 aliphatic heterocycles. The smallest absolute Gasteiger partial charge is 0.436 e. The summed E-state index contributed by atoms with van der Waals surface area (Å²) in [5.41, 5.74) is 0. The van der Waals surface area contributed by atoms with Gasteiger partial charge < -0.3 is 15.0 Å². The van der Waals surface area contributed by atoms with Crippen LogP contribution in [0.4, 0.5) is 9.59 Å². The van der Waals surface area contributed by atoms with Crippen LogP contribution in [0.1, 0.15) is 25.7 Å². The number of hydrogen-bond donors (Lipinski definition) is 1. The molecule has 3 amide bonds. The molecule has 2 unspecified atom stereocenters. The highest BCUT2D eigenvalue weighted by atomic mass is 79.9. The molecule has 0 aromatic heterocycles. The van der Waals surface area contributed by atoms with Gasteiger partial charge in [-0.15, -0.1) is 4.99 Å². The molecule has 0 bridgehead atoms. The van der Waals surface area contributed by atoms with Crippen LogP contribution in [0, 0.1) is 0 Å². The van der Waals surface area contributed by atoms with Crippen LogP contribution in [0.25, 0.3) is 0 Å². The van der Waals surface area contributed by atoms with Gasteiger partial charge in [-0.3, -0.25) is 4.90 Å². The van der Waals surface area contributed by atoms with E-state index in [4.69, 9.17) is 0 Å². The largest absolute Gasteiger partial charge is 0.451 e. The fourth-order valence-electron chi connectivity index (χ4n) is 2.20. The van der Waals surface area contributed by atoms with Crippen molar-refractivity contribution in [3.8, 4) is 0 Å². The Bertz CT molecular complexity index is 414. The van der Waals surface area contributed by atoms with Gasteiger partial charge in [-0.1, -0.05) is 28.8 Å². The standard InChI is InChI=1S/C13H23BrN4O3/c1-17(2)11(16-13(20)21-4)18(3)12(19)15-10-8-6-5-7-9(10)14/h9-10H,5-8H2,1-4H3,(H,15,19)/b16-11-. The Hall–Kier alpha value is -1.31. The third kappa shape index (κ3) is 5.18. The quantitative estimate of drug-likeness (QED) is 0.439. The summed E-state index contributed by atoms with van der Waals surface area (Å²) in [6.07, 6.45) is 3.53. The zero-order chi connectivity index (χ0) is 16.0. The van der Waals surface area contributed by atoms with E-state index < -0.39 is 6.09 Å². The number of hydrogen-bond acceptors (Lipinski definition) is 3. The molecule has 0 aromatic rings. The van der Waals surface area contributed by atoms with Crippen molar-refractivity contribution in [1.82, 2.24) is 15.1 Å². The van der Waals surface area contributed by atoms with Crippen LogP contribution in [-0.4, -0.2) is 67.0 Å². The number of methoxy groups -OCH3 is 1. The van der Waals surface area contributed by atoms with Crippen LogP contribution >= 0.6 is 15.9 Å². The molecule has 1 N–H and O–H groups in total. The van der Waals surface area contributed by atoms with Crippen molar-refractivity contribution in [3.63, 3.8) is 0 Å². The lowest BCUT2D eigenvalue weighted by Crippen LogP contribution is -2.52. The van der Waals surface area contributed by atoms with Crippen LogP contribution in [0.3, 0.4) is 0 Å². The first-order valence-corrected chi connectivity index (χ1v) is 7.80. The molecule has 0 saturated heterocycles. The third-order valence-electron chi connectivity index (χ3n) is 3.36. The lowest BCUT2D eigenvalue weighted by molar-refractivity contribution is 0.181. The normalized spacial score (nSPS) is 22.4. The summed E-state index contributed by atoms with van der Waals surface area (Å²) < 4.78 is 4.51. The monoisotopic (exact) mass is 362 g/mol. The number of carbonyl (C=O) groups is 2. The Balaban J connectivity index is 2.74. The number of amides is 3. The van der Waals surface area contributed by atoms with Crippen molar-refractivity contribution < 1.29 is 14.3 Å². The van der Waals surface area contributed by atoms with Crippen LogP contribution in [0.2, 0.25) is 0 Å². The van der Waals surface area contributed by atoms with Gasteiger partial charge >= 0.3 is 12.1 Å². The molecule has 1 fully saturated rings. The van der Waals surface area contributed by atoms with Gasteiger partial charge in [0.05, 0.1) is 7.11 Å². The Morgan fingerprint density at radius 3 is 2.38 bits per heavy atom. The van der Waals surface area contributed by atoms with Crippen LogP contribution in [-0.2, 0) is 4.74 Å². The molecular weight excluding hydrogens is 340 g/mol. The SMILES string of the molecule is COC(=O)/N=C(/N(C)C)N(C)C(=O)NC1CCCCC1Br. The molecular formula is C13H23BrN4O3. The Labute approximate surface area is 133 Å². The van der Waals surface area contributed by atoms with Gasteiger partial charge in [0.25, 0.3) is 0 Å². The maximum Gasteiger partial charge on any atom is 0.436 e. The van der Waals surface area contributed by atoms with Gasteiger partial charge in [0.2, 0.25) is 5.96 Å². The van der Waals surface area contributed by atoms with E-state index in [-0.39, 0.29) is 22.9 Å². The second-order valence-electron chi connectivity index (χ2n) is 5.19. The fourth-order valence-corrected chi connectivity index (χ4v) is 2.92. The number of rotatable bonds is 1. The van der Waals surface area contributed by atoms with Crippen molar-refractivity contribution in [1.29, 1.82) is 0 Å². The second kappa shape index (κ2) is 8.21. The topological polar surface area (TPSA) is 74.2 Å². The van der Waals surface area contributed by atoms with Gasteiger partial charge in [0.15, 0.2) is 0 Å². The fraction of sp³-hybridized carbons (Fsp3) is 0.769. The van der Waals surface area contributed by atoms with Crippen LogP contribution < -0.4 is 5.32 Å². The number of urea groups is 1. The lowest BCUT2D eigenvalue weighted by atomic mass is 9.95. The highest BCUT2D eigenvalue weighted by Crippen LogP contribution is 2.24. The van der Waals surface area contributed by atoms with E-state index in [0.29, 0.717) is 0 Å². The van der Waals surface area contributed by atoms with E-state index in [9.17, 15) is 9.59 Å². The minimum Gasteiger partial charge on any atom is -0.451 e. The Morgan fingerprint density at radius 2 is 1.86 bits per heavy atom. The van der Waals surface area contributed by atoms with Crippen molar-refractivity contribution in [3.05, 3.63) is 0 Å². The minimum atomic E-state index is -0.741. The van der Waals surface area contributed by atoms with E-state index in [1.165, 1.54) is 18.4 Å². The molecule has 0 spiro atoms. The molecule has 1 aliphatic carbocycles. The number of guanidine groups is 1. The molecule has 120 valence electrons. The van der Waals surface area contributed by atoms with Crippen molar-refractivity contribution in [2.45, 2.75) is 36.6 Å². The lowest BCUT2D eigenvalue weighted by Gasteiger charge is -2.31. The van der Waals surface area contributed by atoms with Crippen molar-refractivity contribution >= 4 is 34.0 Å². The zero-order valence-electron chi connectivity index (χ0n) is 12.9. The number of aliphatic imine (C=N–C) groups is 1. The molecule has 2 atom stereocenters. The first-order valence-electron chi connectivity index (χ1n) is 6.89. The number of halogens is 1. The average Bonchev–Trinajstić information content (AvgIpc) is 2.45. The second-order valence-corrected chi connectivity index (χ2v) is 6.37. The average molecular weight is 363 g/mol. The summed E-state index contributed by atoms with van der Waals surface area (Å²) in [5, 5.41) is 2.98. The van der Waals surface area contributed by atoms with Crippen LogP contribution in [0.5, 0.6) is 0 Å². The van der Waals surface area contributed by atoms with E-state index >= 15 is 0 Å². The number of carbonyl (C=O) groups excluding carboxylic acids is 2. The van der Waals surface area contributed by atoms with E-state index in [2.05, 4.69) is 31.0 Å². The van der Waals surface area contributed by atoms with Gasteiger partial charge in [-0.2, -0.15) is 0 Å². The van der Waals surface area contributed by atoms with E-state index in [1.807, 2.05) is 0 Å². The summed E-state index contributed by atoms with van der Waals surface area (Å²) >= 11 is 3.60. The Kier molecular flexibility index (Phi) is 6.94. The molecule has 21 heavy (non-hydrogen) atoms. The van der Waals surface area contributed by atoms with Gasteiger partial charge in [-0.05, 0) is 12.8 Å². The third-order valence-corrected chi connectivity index (χ3v) is 4.46. The predicted molar refractivity (Wildman–Crippen MR) is 84.8 cm³/mol. The molecule has 0 radical (unpaired) electrons. The molecule has 0 aromatic carbocycles. The summed E-state index contributed by atoms with van der Waals surface area (Å²) in [4.78, 5) is 30.5. The number of nitrogens with zero attached hydrogens (tertiary/aromatic N) is 3. The summed E-state index contributed by atoms with van der Waals surface area (Å²) in [7, 11) is 6.23. The summed E-state index contributed by atoms with van der Waals surface area (Å²) in [6, 6.07) is -0.196. The number of nitrogens with one attached hydrogen (secondary N) is 1. The van der Waals surface area contributed by atoms with Gasteiger partial charge in [0, 0.05) is 32.0 Å². The zero-order valence-corrected chi connectivity index (χ0v) is 14.5. The molecule has 1 saturated carbocycles. The summed E-state index contributed by atoms with van der Waals surface area (Å²) in [6.45, 7) is 0. The van der Waals surface area contributed by atoms with Crippen molar-refractivity contribution in [2.24, 2.45) is 4.99 Å². The van der Waals surface area contributed by atoms with E-state index in [0.717, 1.165) is 19.3 Å². The molecule has 8 heteroatoms. The van der Waals surface area contributed by atoms with Gasteiger partial charge in [-0.25, -0.2) is 9.59 Å². The first-order chi connectivity index (χ1) is 9.86. The molecule has 0 heterocycles. The van der Waals surface area contributed by atoms with E-state index in [1.54, 1.807) is 26.0 Å². The number of alkyl halides is 1. The maximum absolute atomic E-state index is 12.3. The molecule has 7 nitrogen and oxygen atoms in total. The highest BCUT2D eigenvalue weighted by Gasteiger charge is 2.27. The number of ether oxygens (including phenoxy) is 1. The van der Waals surface area contributed by atoms with Crippen LogP contribution in [0.15, 0.2) is 4.99 Å². The molecule has 1 rings (SSSR count). The van der Waals surface area contributed by atoms with Crippen molar-refractivity contribution in [2.75, 3.05) is 28.3 Å². The minimum absolute atomic E-state index is 0.0928. The Morgan fingerprint density at radius 1 is 1.24 bits per heavy atom. The maximum atomic E-state index is 12.3. The molecule has 1 aliphatic rings.